The Bertz CT molecular complexity index is 728. The van der Waals surface area contributed by atoms with Crippen molar-refractivity contribution in [1.29, 1.82) is 0 Å². The van der Waals surface area contributed by atoms with Gasteiger partial charge in [-0.25, -0.2) is 0 Å². The Morgan fingerprint density at radius 1 is 1.35 bits per heavy atom. The first-order valence-electron chi connectivity index (χ1n) is 8.84. The van der Waals surface area contributed by atoms with Crippen LogP contribution < -0.4 is 9.64 Å². The van der Waals surface area contributed by atoms with Crippen molar-refractivity contribution < 1.29 is 19.2 Å². The molecular weight excluding hydrogens is 338 g/mol. The van der Waals surface area contributed by atoms with Gasteiger partial charge in [0, 0.05) is 25.2 Å². The molecule has 0 N–H and O–H groups in total. The van der Waals surface area contributed by atoms with Crippen molar-refractivity contribution in [3.63, 3.8) is 0 Å². The van der Waals surface area contributed by atoms with E-state index in [9.17, 15) is 19.7 Å². The molecule has 0 atom stereocenters. The molecule has 1 aliphatic carbocycles. The summed E-state index contributed by atoms with van der Waals surface area (Å²) in [6.07, 6.45) is 4.10. The van der Waals surface area contributed by atoms with Gasteiger partial charge < -0.3 is 9.64 Å². The number of nitrogens with zero attached hydrogens (tertiary/aromatic N) is 3. The van der Waals surface area contributed by atoms with Crippen LogP contribution in [0.15, 0.2) is 18.2 Å². The molecule has 1 aromatic rings. The van der Waals surface area contributed by atoms with E-state index in [0.29, 0.717) is 11.7 Å². The maximum atomic E-state index is 12.7. The molecule has 1 fully saturated rings. The quantitative estimate of drug-likeness (QED) is 0.606. The van der Waals surface area contributed by atoms with Crippen LogP contribution in [-0.2, 0) is 9.59 Å². The summed E-state index contributed by atoms with van der Waals surface area (Å²) in [6.45, 7) is 1.90. The minimum absolute atomic E-state index is 0.140. The Morgan fingerprint density at radius 2 is 2.04 bits per heavy atom. The SMILES string of the molecule is CC1CCC(N(C)C(=O)CN2C(=O)COc3ccc([N+](=O)[O-])cc32)CC1. The third-order valence-corrected chi connectivity index (χ3v) is 5.32. The molecule has 1 aromatic carbocycles. The average Bonchev–Trinajstić information content (AvgIpc) is 2.63. The number of carbonyl (C=O) groups is 2. The monoisotopic (exact) mass is 361 g/mol. The normalized spacial score (nSPS) is 22.4. The van der Waals surface area contributed by atoms with Crippen molar-refractivity contribution in [3.8, 4) is 5.75 Å². The zero-order chi connectivity index (χ0) is 18.8. The van der Waals surface area contributed by atoms with Crippen molar-refractivity contribution in [3.05, 3.63) is 28.3 Å². The van der Waals surface area contributed by atoms with E-state index in [0.717, 1.165) is 25.7 Å². The second-order valence-electron chi connectivity index (χ2n) is 7.10. The van der Waals surface area contributed by atoms with E-state index in [2.05, 4.69) is 6.92 Å². The predicted molar refractivity (Wildman–Crippen MR) is 95.1 cm³/mol. The lowest BCUT2D eigenvalue weighted by Gasteiger charge is -2.35. The molecular formula is C18H23N3O5. The first-order chi connectivity index (χ1) is 12.4. The van der Waals surface area contributed by atoms with Gasteiger partial charge >= 0.3 is 0 Å². The summed E-state index contributed by atoms with van der Waals surface area (Å²) in [5.41, 5.74) is 0.128. The predicted octanol–water partition coefficient (Wildman–Crippen LogP) is 2.36. The minimum atomic E-state index is -0.533. The van der Waals surface area contributed by atoms with Gasteiger partial charge in [-0.3, -0.25) is 24.6 Å². The van der Waals surface area contributed by atoms with E-state index in [4.69, 9.17) is 4.74 Å². The number of likely N-dealkylation sites (N-methyl/N-ethyl adjacent to an activating group) is 1. The van der Waals surface area contributed by atoms with E-state index in [-0.39, 0.29) is 42.4 Å². The fourth-order valence-corrected chi connectivity index (χ4v) is 3.56. The molecule has 0 radical (unpaired) electrons. The van der Waals surface area contributed by atoms with Crippen LogP contribution in [0.5, 0.6) is 5.75 Å². The summed E-state index contributed by atoms with van der Waals surface area (Å²) in [5.74, 6) is 0.509. The first kappa shape index (κ1) is 18.2. The molecule has 8 nitrogen and oxygen atoms in total. The van der Waals surface area contributed by atoms with E-state index < -0.39 is 4.92 Å². The van der Waals surface area contributed by atoms with E-state index in [1.165, 1.54) is 23.1 Å². The van der Waals surface area contributed by atoms with Crippen molar-refractivity contribution in [1.82, 2.24) is 4.90 Å². The van der Waals surface area contributed by atoms with Gasteiger partial charge in [-0.2, -0.15) is 0 Å². The number of anilines is 1. The largest absolute Gasteiger partial charge is 0.482 e. The molecule has 26 heavy (non-hydrogen) atoms. The second kappa shape index (κ2) is 7.31. The fraction of sp³-hybridized carbons (Fsp3) is 0.556. The number of nitro benzene ring substituents is 1. The molecule has 0 spiro atoms. The van der Waals surface area contributed by atoms with Crippen molar-refractivity contribution in [2.45, 2.75) is 38.6 Å². The minimum Gasteiger partial charge on any atom is -0.482 e. The summed E-state index contributed by atoms with van der Waals surface area (Å²) in [4.78, 5) is 38.5. The average molecular weight is 361 g/mol. The van der Waals surface area contributed by atoms with Gasteiger partial charge in [-0.1, -0.05) is 6.92 Å². The van der Waals surface area contributed by atoms with Gasteiger partial charge in [0.25, 0.3) is 11.6 Å². The zero-order valence-electron chi connectivity index (χ0n) is 15.0. The molecule has 0 unspecified atom stereocenters. The maximum absolute atomic E-state index is 12.7. The topological polar surface area (TPSA) is 93.0 Å². The number of hydrogen-bond acceptors (Lipinski definition) is 5. The maximum Gasteiger partial charge on any atom is 0.271 e. The van der Waals surface area contributed by atoms with Crippen molar-refractivity contribution >= 4 is 23.2 Å². The number of nitro groups is 1. The zero-order valence-corrected chi connectivity index (χ0v) is 15.0. The molecule has 2 amide bonds. The molecule has 8 heteroatoms. The number of rotatable bonds is 4. The van der Waals surface area contributed by atoms with E-state index in [1.54, 1.807) is 11.9 Å². The van der Waals surface area contributed by atoms with Crippen LogP contribution in [-0.4, -0.2) is 47.9 Å². The number of carbonyl (C=O) groups excluding carboxylic acids is 2. The highest BCUT2D eigenvalue weighted by Crippen LogP contribution is 2.35. The van der Waals surface area contributed by atoms with Crippen LogP contribution in [0, 0.1) is 16.0 Å². The highest BCUT2D eigenvalue weighted by molar-refractivity contribution is 6.02. The third-order valence-electron chi connectivity index (χ3n) is 5.32. The molecule has 140 valence electrons. The summed E-state index contributed by atoms with van der Waals surface area (Å²) in [7, 11) is 1.77. The molecule has 1 saturated carbocycles. The first-order valence-corrected chi connectivity index (χ1v) is 8.84. The Labute approximate surface area is 151 Å². The van der Waals surface area contributed by atoms with Gasteiger partial charge in [0.2, 0.25) is 5.91 Å². The van der Waals surface area contributed by atoms with Crippen LogP contribution in [0.3, 0.4) is 0 Å². The molecule has 1 heterocycles. The highest BCUT2D eigenvalue weighted by atomic mass is 16.6. The Hall–Kier alpha value is -2.64. The van der Waals surface area contributed by atoms with E-state index in [1.807, 2.05) is 0 Å². The third kappa shape index (κ3) is 3.63. The van der Waals surface area contributed by atoms with Crippen LogP contribution in [0.1, 0.15) is 32.6 Å². The van der Waals surface area contributed by atoms with Gasteiger partial charge in [0.15, 0.2) is 6.61 Å². The van der Waals surface area contributed by atoms with Crippen molar-refractivity contribution in [2.75, 3.05) is 25.1 Å². The number of ether oxygens (including phenoxy) is 1. The molecule has 0 bridgehead atoms. The molecule has 2 aliphatic rings. The van der Waals surface area contributed by atoms with Gasteiger partial charge in [-0.05, 0) is 37.7 Å². The van der Waals surface area contributed by atoms with Gasteiger partial charge in [-0.15, -0.1) is 0 Å². The fourth-order valence-electron chi connectivity index (χ4n) is 3.56. The molecule has 0 aromatic heterocycles. The molecule has 1 aliphatic heterocycles. The lowest BCUT2D eigenvalue weighted by molar-refractivity contribution is -0.384. The lowest BCUT2D eigenvalue weighted by atomic mass is 9.87. The van der Waals surface area contributed by atoms with Crippen LogP contribution in [0.4, 0.5) is 11.4 Å². The Balaban J connectivity index is 1.76. The van der Waals surface area contributed by atoms with Crippen molar-refractivity contribution in [2.24, 2.45) is 5.92 Å². The van der Waals surface area contributed by atoms with Crippen LogP contribution in [0.25, 0.3) is 0 Å². The van der Waals surface area contributed by atoms with Crippen LogP contribution in [0.2, 0.25) is 0 Å². The number of benzene rings is 1. The van der Waals surface area contributed by atoms with Gasteiger partial charge in [0.05, 0.1) is 10.6 Å². The van der Waals surface area contributed by atoms with Crippen LogP contribution >= 0.6 is 0 Å². The molecule has 0 saturated heterocycles. The number of non-ortho nitro benzene ring substituents is 1. The summed E-state index contributed by atoms with van der Waals surface area (Å²) < 4.78 is 5.33. The summed E-state index contributed by atoms with van der Waals surface area (Å²) in [5, 5.41) is 11.0. The smallest absolute Gasteiger partial charge is 0.271 e. The summed E-state index contributed by atoms with van der Waals surface area (Å²) in [6, 6.07) is 4.25. The standard InChI is InChI=1S/C18H23N3O5/c1-12-3-5-13(6-4-12)19(2)17(22)10-20-15-9-14(21(24)25)7-8-16(15)26-11-18(20)23/h7-9,12-13H,3-6,10-11H2,1-2H3. The van der Waals surface area contributed by atoms with Gasteiger partial charge in [0.1, 0.15) is 12.3 Å². The molecule has 3 rings (SSSR count). The lowest BCUT2D eigenvalue weighted by Crippen LogP contribution is -2.48. The number of fused-ring (bicyclic) bond motifs is 1. The second-order valence-corrected chi connectivity index (χ2v) is 7.10. The number of amides is 2. The highest BCUT2D eigenvalue weighted by Gasteiger charge is 2.32. The number of hydrogen-bond donors (Lipinski definition) is 0. The summed E-state index contributed by atoms with van der Waals surface area (Å²) >= 11 is 0. The Morgan fingerprint density at radius 3 is 2.69 bits per heavy atom. The Kier molecular flexibility index (Phi) is 5.11. The van der Waals surface area contributed by atoms with E-state index >= 15 is 0 Å².